The van der Waals surface area contributed by atoms with Gasteiger partial charge in [-0.15, -0.1) is 0 Å². The van der Waals surface area contributed by atoms with Crippen molar-refractivity contribution < 1.29 is 17.5 Å². The van der Waals surface area contributed by atoms with Crippen molar-refractivity contribution in [1.29, 1.82) is 0 Å². The molecule has 0 aliphatic heterocycles. The molecule has 0 fully saturated rings. The summed E-state index contributed by atoms with van der Waals surface area (Å²) in [5, 5.41) is 0. The van der Waals surface area contributed by atoms with Crippen LogP contribution in [0.4, 0.5) is 4.39 Å². The molecular formula is C21H25FN4O3S. The number of allylic oxidation sites excluding steroid dienone is 1. The molecule has 0 unspecified atom stereocenters. The van der Waals surface area contributed by atoms with Crippen LogP contribution in [-0.4, -0.2) is 50.0 Å². The second kappa shape index (κ2) is 8.55. The number of nitrogens with zero attached hydrogens (tertiary/aromatic N) is 3. The van der Waals surface area contributed by atoms with E-state index in [4.69, 9.17) is 10.5 Å². The van der Waals surface area contributed by atoms with Gasteiger partial charge in [0.15, 0.2) is 0 Å². The van der Waals surface area contributed by atoms with E-state index < -0.39 is 10.0 Å². The predicted octanol–water partition coefficient (Wildman–Crippen LogP) is 3.08. The van der Waals surface area contributed by atoms with E-state index in [1.807, 2.05) is 19.1 Å². The van der Waals surface area contributed by atoms with E-state index in [2.05, 4.69) is 4.98 Å². The molecule has 0 saturated carbocycles. The zero-order valence-electron chi connectivity index (χ0n) is 17.4. The molecule has 3 aromatic rings. The molecule has 160 valence electrons. The fraction of sp³-hybridized carbons (Fsp3) is 0.286. The Morgan fingerprint density at radius 3 is 2.67 bits per heavy atom. The minimum absolute atomic E-state index is 0.00320. The predicted molar refractivity (Wildman–Crippen MR) is 116 cm³/mol. The number of methoxy groups -OCH3 is 1. The third-order valence-corrected chi connectivity index (χ3v) is 6.71. The van der Waals surface area contributed by atoms with Gasteiger partial charge in [-0.1, -0.05) is 12.1 Å². The lowest BCUT2D eigenvalue weighted by Crippen LogP contribution is -2.22. The van der Waals surface area contributed by atoms with Crippen LogP contribution in [0, 0.1) is 6.92 Å². The van der Waals surface area contributed by atoms with Gasteiger partial charge in [0.05, 0.1) is 24.1 Å². The van der Waals surface area contributed by atoms with Crippen LogP contribution in [-0.2, 0) is 16.6 Å². The molecule has 2 N–H and O–H groups in total. The summed E-state index contributed by atoms with van der Waals surface area (Å²) in [6.45, 7) is 1.96. The summed E-state index contributed by atoms with van der Waals surface area (Å²) in [6, 6.07) is 10.2. The van der Waals surface area contributed by atoms with Crippen molar-refractivity contribution in [1.82, 2.24) is 13.9 Å². The van der Waals surface area contributed by atoms with E-state index in [1.165, 1.54) is 27.3 Å². The quantitative estimate of drug-likeness (QED) is 0.620. The van der Waals surface area contributed by atoms with Crippen LogP contribution in [0.5, 0.6) is 5.88 Å². The van der Waals surface area contributed by atoms with Crippen LogP contribution in [0.3, 0.4) is 0 Å². The lowest BCUT2D eigenvalue weighted by molar-refractivity contribution is 0.399. The molecule has 0 bridgehead atoms. The Labute approximate surface area is 175 Å². The van der Waals surface area contributed by atoms with Crippen LogP contribution in [0.15, 0.2) is 53.2 Å². The van der Waals surface area contributed by atoms with Gasteiger partial charge in [-0.25, -0.2) is 22.1 Å². The van der Waals surface area contributed by atoms with Crippen molar-refractivity contribution in [2.45, 2.75) is 18.4 Å². The fourth-order valence-corrected chi connectivity index (χ4v) is 4.30. The Balaban J connectivity index is 2.28. The normalized spacial score (nSPS) is 12.7. The summed E-state index contributed by atoms with van der Waals surface area (Å²) in [6.07, 6.45) is 1.33. The topological polar surface area (TPSA) is 90.5 Å². The minimum atomic E-state index is -3.61. The SMILES string of the molecule is COc1ccc2c(n1)c(-c1cccc(S(=O)(=O)N(C)C)c1)c(C)n2C/C(F)=C/CN. The second-order valence-electron chi connectivity index (χ2n) is 6.97. The van der Waals surface area contributed by atoms with Gasteiger partial charge in [0.1, 0.15) is 11.3 Å². The van der Waals surface area contributed by atoms with Crippen LogP contribution in [0.1, 0.15) is 5.69 Å². The highest BCUT2D eigenvalue weighted by Crippen LogP contribution is 2.36. The Hall–Kier alpha value is -2.75. The molecule has 30 heavy (non-hydrogen) atoms. The van der Waals surface area contributed by atoms with Crippen molar-refractivity contribution in [3.05, 3.63) is 54.0 Å². The number of sulfonamides is 1. The van der Waals surface area contributed by atoms with Crippen molar-refractivity contribution in [2.75, 3.05) is 27.7 Å². The average molecular weight is 433 g/mol. The van der Waals surface area contributed by atoms with Gasteiger partial charge < -0.3 is 15.0 Å². The molecule has 0 radical (unpaired) electrons. The Bertz CT molecular complexity index is 1220. The summed E-state index contributed by atoms with van der Waals surface area (Å²) >= 11 is 0. The van der Waals surface area contributed by atoms with Crippen LogP contribution >= 0.6 is 0 Å². The molecule has 7 nitrogen and oxygen atoms in total. The second-order valence-corrected chi connectivity index (χ2v) is 9.12. The van der Waals surface area contributed by atoms with Crippen LogP contribution in [0.25, 0.3) is 22.2 Å². The maximum Gasteiger partial charge on any atom is 0.242 e. The molecule has 0 amide bonds. The van der Waals surface area contributed by atoms with Crippen molar-refractivity contribution >= 4 is 21.1 Å². The monoisotopic (exact) mass is 432 g/mol. The molecule has 9 heteroatoms. The van der Waals surface area contributed by atoms with Gasteiger partial charge in [-0.2, -0.15) is 0 Å². The molecule has 2 aromatic heterocycles. The van der Waals surface area contributed by atoms with E-state index in [-0.39, 0.29) is 23.8 Å². The minimum Gasteiger partial charge on any atom is -0.481 e. The first-order valence-corrected chi connectivity index (χ1v) is 10.8. The Kier molecular flexibility index (Phi) is 6.25. The summed E-state index contributed by atoms with van der Waals surface area (Å²) in [5.74, 6) is 0.0553. The van der Waals surface area contributed by atoms with Gasteiger partial charge in [-0.3, -0.25) is 0 Å². The summed E-state index contributed by atoms with van der Waals surface area (Å²) in [4.78, 5) is 4.73. The number of hydrogen-bond acceptors (Lipinski definition) is 5. The summed E-state index contributed by atoms with van der Waals surface area (Å²) in [5.41, 5.74) is 8.90. The first-order chi connectivity index (χ1) is 14.2. The van der Waals surface area contributed by atoms with Crippen molar-refractivity contribution in [3.63, 3.8) is 0 Å². The third kappa shape index (κ3) is 3.96. The number of halogens is 1. The summed E-state index contributed by atoms with van der Waals surface area (Å²) in [7, 11) is 0.880. The molecule has 0 aliphatic rings. The highest BCUT2D eigenvalue weighted by atomic mass is 32.2. The molecule has 3 rings (SSSR count). The number of benzene rings is 1. The molecule has 0 saturated heterocycles. The zero-order valence-corrected chi connectivity index (χ0v) is 18.2. The standard InChI is InChI=1S/C21H25FN4O3S/c1-14-20(15-6-5-7-17(12-15)30(27,28)25(2)3)21-18(8-9-19(24-21)29-4)26(14)13-16(22)10-11-23/h5-10,12H,11,13,23H2,1-4H3/b16-10-. The lowest BCUT2D eigenvalue weighted by atomic mass is 10.1. The smallest absolute Gasteiger partial charge is 0.242 e. The van der Waals surface area contributed by atoms with E-state index in [9.17, 15) is 12.8 Å². The largest absolute Gasteiger partial charge is 0.481 e. The summed E-state index contributed by atoms with van der Waals surface area (Å²) < 4.78 is 47.7. The average Bonchev–Trinajstić information content (AvgIpc) is 2.98. The highest BCUT2D eigenvalue weighted by Gasteiger charge is 2.22. The lowest BCUT2D eigenvalue weighted by Gasteiger charge is -2.12. The first-order valence-electron chi connectivity index (χ1n) is 9.32. The number of ether oxygens (including phenoxy) is 1. The Morgan fingerprint density at radius 2 is 2.03 bits per heavy atom. The van der Waals surface area contributed by atoms with E-state index >= 15 is 0 Å². The van der Waals surface area contributed by atoms with Crippen LogP contribution in [0.2, 0.25) is 0 Å². The first kappa shape index (κ1) is 21.9. The number of aromatic nitrogens is 2. The van der Waals surface area contributed by atoms with Gasteiger partial charge in [0.25, 0.3) is 0 Å². The van der Waals surface area contributed by atoms with E-state index in [0.29, 0.717) is 22.5 Å². The Morgan fingerprint density at radius 1 is 1.30 bits per heavy atom. The maximum atomic E-state index is 14.3. The fourth-order valence-electron chi connectivity index (χ4n) is 3.35. The zero-order chi connectivity index (χ0) is 22.1. The number of hydrogen-bond donors (Lipinski definition) is 1. The molecule has 0 atom stereocenters. The van der Waals surface area contributed by atoms with Crippen LogP contribution < -0.4 is 10.5 Å². The molecule has 1 aromatic carbocycles. The number of pyridine rings is 1. The number of nitrogens with two attached hydrogens (primary N) is 1. The number of fused-ring (bicyclic) bond motifs is 1. The van der Waals surface area contributed by atoms with Gasteiger partial charge in [-0.05, 0) is 36.8 Å². The van der Waals surface area contributed by atoms with Gasteiger partial charge in [0, 0.05) is 38.0 Å². The van der Waals surface area contributed by atoms with Gasteiger partial charge >= 0.3 is 0 Å². The molecular weight excluding hydrogens is 407 g/mol. The molecule has 0 aliphatic carbocycles. The van der Waals surface area contributed by atoms with E-state index in [0.717, 1.165) is 15.6 Å². The molecule has 0 spiro atoms. The number of rotatable bonds is 7. The van der Waals surface area contributed by atoms with Crippen molar-refractivity contribution in [2.24, 2.45) is 5.73 Å². The maximum absolute atomic E-state index is 14.3. The van der Waals surface area contributed by atoms with Gasteiger partial charge in [0.2, 0.25) is 15.9 Å². The highest BCUT2D eigenvalue weighted by molar-refractivity contribution is 7.89. The third-order valence-electron chi connectivity index (χ3n) is 4.90. The van der Waals surface area contributed by atoms with E-state index in [1.54, 1.807) is 28.8 Å². The van der Waals surface area contributed by atoms with Crippen molar-refractivity contribution in [3.8, 4) is 17.0 Å². The molecule has 2 heterocycles.